The fraction of sp³-hybridized carbons (Fsp3) is 0.308. The molecule has 0 fully saturated rings. The van der Waals surface area contributed by atoms with Gasteiger partial charge in [0.25, 0.3) is 0 Å². The van der Waals surface area contributed by atoms with Gasteiger partial charge in [-0.1, -0.05) is 0 Å². The fourth-order valence-corrected chi connectivity index (χ4v) is 2.36. The van der Waals surface area contributed by atoms with Crippen molar-refractivity contribution < 1.29 is 9.13 Å². The van der Waals surface area contributed by atoms with Gasteiger partial charge >= 0.3 is 0 Å². The molecule has 2 aromatic rings. The van der Waals surface area contributed by atoms with Gasteiger partial charge in [-0.3, -0.25) is 4.90 Å². The van der Waals surface area contributed by atoms with Crippen molar-refractivity contribution in [3.63, 3.8) is 0 Å². The summed E-state index contributed by atoms with van der Waals surface area (Å²) >= 11 is 1.49. The van der Waals surface area contributed by atoms with Crippen molar-refractivity contribution in [1.29, 1.82) is 0 Å². The lowest BCUT2D eigenvalue weighted by Crippen LogP contribution is -2.23. The van der Waals surface area contributed by atoms with Crippen molar-refractivity contribution in [1.82, 2.24) is 9.88 Å². The zero-order chi connectivity index (χ0) is 13.7. The maximum Gasteiger partial charge on any atom is 0.180 e. The van der Waals surface area contributed by atoms with E-state index in [1.807, 2.05) is 7.05 Å². The second kappa shape index (κ2) is 6.49. The summed E-state index contributed by atoms with van der Waals surface area (Å²) in [6.07, 6.45) is 1.79. The highest BCUT2D eigenvalue weighted by atomic mass is 32.1. The highest BCUT2D eigenvalue weighted by molar-refractivity contribution is 7.15. The van der Waals surface area contributed by atoms with Crippen LogP contribution in [0.15, 0.2) is 30.5 Å². The van der Waals surface area contributed by atoms with E-state index in [0.29, 0.717) is 17.5 Å². The van der Waals surface area contributed by atoms with Gasteiger partial charge in [0.15, 0.2) is 5.13 Å². The number of anilines is 1. The number of aromatic nitrogens is 1. The number of likely N-dealkylation sites (N-methyl/N-ethyl adjacent to an activating group) is 1. The number of nitrogen functional groups attached to an aromatic ring is 1. The number of ether oxygens (including phenoxy) is 1. The van der Waals surface area contributed by atoms with Crippen LogP contribution in [-0.2, 0) is 6.54 Å². The molecule has 6 heteroatoms. The molecule has 0 bridgehead atoms. The molecule has 2 rings (SSSR count). The van der Waals surface area contributed by atoms with Crippen LogP contribution in [0, 0.1) is 5.82 Å². The zero-order valence-electron chi connectivity index (χ0n) is 10.7. The van der Waals surface area contributed by atoms with E-state index < -0.39 is 0 Å². The Morgan fingerprint density at radius 2 is 2.11 bits per heavy atom. The van der Waals surface area contributed by atoms with Gasteiger partial charge in [-0.15, -0.1) is 11.3 Å². The summed E-state index contributed by atoms with van der Waals surface area (Å²) in [4.78, 5) is 7.26. The molecule has 0 spiro atoms. The van der Waals surface area contributed by atoms with Crippen LogP contribution in [0.4, 0.5) is 9.52 Å². The summed E-state index contributed by atoms with van der Waals surface area (Å²) in [7, 11) is 2.00. The summed E-state index contributed by atoms with van der Waals surface area (Å²) in [5.74, 6) is 0.420. The number of benzene rings is 1. The number of rotatable bonds is 6. The molecule has 102 valence electrons. The number of halogens is 1. The molecular weight excluding hydrogens is 265 g/mol. The first kappa shape index (κ1) is 13.8. The second-order valence-corrected chi connectivity index (χ2v) is 5.35. The van der Waals surface area contributed by atoms with E-state index in [1.54, 1.807) is 18.3 Å². The lowest BCUT2D eigenvalue weighted by atomic mass is 10.3. The second-order valence-electron chi connectivity index (χ2n) is 4.20. The molecule has 0 aliphatic carbocycles. The number of nitrogens with zero attached hydrogens (tertiary/aromatic N) is 2. The summed E-state index contributed by atoms with van der Waals surface area (Å²) in [5.41, 5.74) is 5.58. The minimum atomic E-state index is -0.257. The first-order chi connectivity index (χ1) is 9.13. The van der Waals surface area contributed by atoms with Gasteiger partial charge in [0, 0.05) is 24.2 Å². The summed E-state index contributed by atoms with van der Waals surface area (Å²) in [6, 6.07) is 6.02. The number of hydrogen-bond acceptors (Lipinski definition) is 5. The minimum Gasteiger partial charge on any atom is -0.492 e. The van der Waals surface area contributed by atoms with E-state index in [4.69, 9.17) is 10.5 Å². The molecule has 0 atom stereocenters. The molecule has 1 heterocycles. The molecule has 19 heavy (non-hydrogen) atoms. The van der Waals surface area contributed by atoms with Crippen molar-refractivity contribution >= 4 is 16.5 Å². The lowest BCUT2D eigenvalue weighted by Gasteiger charge is -2.15. The quantitative estimate of drug-likeness (QED) is 0.883. The standard InChI is InChI=1S/C13H16FN3OS/c1-17(9-12-8-16-13(15)19-12)6-7-18-11-4-2-10(14)3-5-11/h2-5,8H,6-7,9H2,1H3,(H2,15,16). The molecule has 0 unspecified atom stereocenters. The molecule has 1 aromatic carbocycles. The van der Waals surface area contributed by atoms with E-state index in [2.05, 4.69) is 9.88 Å². The molecule has 1 aromatic heterocycles. The Balaban J connectivity index is 1.71. The van der Waals surface area contributed by atoms with Crippen LogP contribution >= 0.6 is 11.3 Å². The van der Waals surface area contributed by atoms with E-state index in [0.717, 1.165) is 18.0 Å². The van der Waals surface area contributed by atoms with E-state index >= 15 is 0 Å². The van der Waals surface area contributed by atoms with Gasteiger partial charge in [-0.25, -0.2) is 9.37 Å². The van der Waals surface area contributed by atoms with Crippen LogP contribution < -0.4 is 10.5 Å². The Morgan fingerprint density at radius 1 is 1.37 bits per heavy atom. The third-order valence-electron chi connectivity index (χ3n) is 2.55. The lowest BCUT2D eigenvalue weighted by molar-refractivity contribution is 0.233. The van der Waals surface area contributed by atoms with Gasteiger partial charge in [0.2, 0.25) is 0 Å². The summed E-state index contributed by atoms with van der Waals surface area (Å²) < 4.78 is 18.2. The third kappa shape index (κ3) is 4.50. The van der Waals surface area contributed by atoms with Crippen molar-refractivity contribution in [3.8, 4) is 5.75 Å². The SMILES string of the molecule is CN(CCOc1ccc(F)cc1)Cc1cnc(N)s1. The fourth-order valence-electron chi connectivity index (χ4n) is 1.59. The van der Waals surface area contributed by atoms with Crippen molar-refractivity contribution in [2.75, 3.05) is 25.9 Å². The maximum atomic E-state index is 12.7. The molecular formula is C13H16FN3OS. The molecule has 0 radical (unpaired) electrons. The van der Waals surface area contributed by atoms with Crippen molar-refractivity contribution in [2.24, 2.45) is 0 Å². The summed E-state index contributed by atoms with van der Waals surface area (Å²) in [6.45, 7) is 2.12. The first-order valence-corrected chi connectivity index (χ1v) is 6.72. The molecule has 0 saturated heterocycles. The largest absolute Gasteiger partial charge is 0.492 e. The molecule has 0 saturated carbocycles. The maximum absolute atomic E-state index is 12.7. The van der Waals surface area contributed by atoms with E-state index in [9.17, 15) is 4.39 Å². The Labute approximate surface area is 115 Å². The average Bonchev–Trinajstić information content (AvgIpc) is 2.77. The minimum absolute atomic E-state index is 0.257. The van der Waals surface area contributed by atoms with Crippen molar-refractivity contribution in [2.45, 2.75) is 6.54 Å². The Kier molecular flexibility index (Phi) is 4.70. The predicted octanol–water partition coefficient (Wildman–Crippen LogP) is 2.38. The number of hydrogen-bond donors (Lipinski definition) is 1. The van der Waals surface area contributed by atoms with Crippen LogP contribution in [0.1, 0.15) is 4.88 Å². The third-order valence-corrected chi connectivity index (χ3v) is 3.36. The van der Waals surface area contributed by atoms with Gasteiger partial charge in [0.1, 0.15) is 18.2 Å². The zero-order valence-corrected chi connectivity index (χ0v) is 11.5. The first-order valence-electron chi connectivity index (χ1n) is 5.90. The number of nitrogens with two attached hydrogens (primary N) is 1. The van der Waals surface area contributed by atoms with Crippen LogP contribution in [0.25, 0.3) is 0 Å². The molecule has 4 nitrogen and oxygen atoms in total. The molecule has 2 N–H and O–H groups in total. The van der Waals surface area contributed by atoms with E-state index in [-0.39, 0.29) is 5.82 Å². The van der Waals surface area contributed by atoms with Crippen LogP contribution in [-0.4, -0.2) is 30.1 Å². The van der Waals surface area contributed by atoms with Gasteiger partial charge in [-0.2, -0.15) is 0 Å². The Bertz CT molecular complexity index is 515. The number of thiazole rings is 1. The van der Waals surface area contributed by atoms with Crippen LogP contribution in [0.3, 0.4) is 0 Å². The van der Waals surface area contributed by atoms with Gasteiger partial charge in [-0.05, 0) is 31.3 Å². The van der Waals surface area contributed by atoms with Crippen molar-refractivity contribution in [3.05, 3.63) is 41.2 Å². The topological polar surface area (TPSA) is 51.4 Å². The highest BCUT2D eigenvalue weighted by Gasteiger charge is 2.04. The van der Waals surface area contributed by atoms with Gasteiger partial charge in [0.05, 0.1) is 0 Å². The predicted molar refractivity (Wildman–Crippen MR) is 74.8 cm³/mol. The molecule has 0 aliphatic heterocycles. The van der Waals surface area contributed by atoms with Gasteiger partial charge < -0.3 is 10.5 Å². The normalized spacial score (nSPS) is 10.9. The Morgan fingerprint density at radius 3 is 2.74 bits per heavy atom. The molecule has 0 aliphatic rings. The van der Waals surface area contributed by atoms with E-state index in [1.165, 1.54) is 23.5 Å². The van der Waals surface area contributed by atoms with Crippen LogP contribution in [0.2, 0.25) is 0 Å². The molecule has 0 amide bonds. The Hall–Kier alpha value is -1.66. The average molecular weight is 281 g/mol. The monoisotopic (exact) mass is 281 g/mol. The van der Waals surface area contributed by atoms with Crippen LogP contribution in [0.5, 0.6) is 5.75 Å². The summed E-state index contributed by atoms with van der Waals surface area (Å²) in [5, 5.41) is 0.589. The smallest absolute Gasteiger partial charge is 0.180 e. The highest BCUT2D eigenvalue weighted by Crippen LogP contribution is 2.16.